The lowest BCUT2D eigenvalue weighted by molar-refractivity contribution is 0.0939. The first-order valence-electron chi connectivity index (χ1n) is 9.43. The molecule has 144 valence electrons. The van der Waals surface area contributed by atoms with Gasteiger partial charge in [0.2, 0.25) is 10.0 Å². The highest BCUT2D eigenvalue weighted by Gasteiger charge is 2.17. The number of amides is 1. The van der Waals surface area contributed by atoms with E-state index in [-0.39, 0.29) is 16.8 Å². The summed E-state index contributed by atoms with van der Waals surface area (Å²) >= 11 is 0. The zero-order chi connectivity index (χ0) is 19.4. The predicted molar refractivity (Wildman–Crippen MR) is 106 cm³/mol. The Kier molecular flexibility index (Phi) is 5.97. The van der Waals surface area contributed by atoms with Gasteiger partial charge < -0.3 is 5.32 Å². The van der Waals surface area contributed by atoms with E-state index >= 15 is 0 Å². The smallest absolute Gasteiger partial charge is 0.251 e. The van der Waals surface area contributed by atoms with Crippen molar-refractivity contribution in [3.05, 3.63) is 64.7 Å². The van der Waals surface area contributed by atoms with Gasteiger partial charge in [-0.15, -0.1) is 0 Å². The van der Waals surface area contributed by atoms with Crippen LogP contribution in [0.2, 0.25) is 0 Å². The normalized spacial score (nSPS) is 15.0. The summed E-state index contributed by atoms with van der Waals surface area (Å²) in [5, 5.41) is 3.00. The fourth-order valence-corrected chi connectivity index (χ4v) is 4.49. The number of nitrogens with one attached hydrogen (secondary N) is 2. The molecule has 27 heavy (non-hydrogen) atoms. The molecule has 0 aliphatic heterocycles. The summed E-state index contributed by atoms with van der Waals surface area (Å²) < 4.78 is 26.4. The molecule has 0 fully saturated rings. The minimum absolute atomic E-state index is 0.116. The van der Waals surface area contributed by atoms with Crippen LogP contribution in [0, 0.1) is 0 Å². The number of fused-ring (bicyclic) bond motifs is 1. The van der Waals surface area contributed by atoms with E-state index in [1.807, 2.05) is 6.92 Å². The van der Waals surface area contributed by atoms with Gasteiger partial charge in [0.25, 0.3) is 5.91 Å². The molecule has 1 unspecified atom stereocenters. The van der Waals surface area contributed by atoms with Gasteiger partial charge in [-0.3, -0.25) is 4.79 Å². The molecule has 0 spiro atoms. The molecule has 0 saturated heterocycles. The highest BCUT2D eigenvalue weighted by Crippen LogP contribution is 2.25. The molecule has 6 heteroatoms. The van der Waals surface area contributed by atoms with Crippen molar-refractivity contribution in [1.29, 1.82) is 0 Å². The van der Waals surface area contributed by atoms with Gasteiger partial charge in [0.15, 0.2) is 0 Å². The van der Waals surface area contributed by atoms with E-state index < -0.39 is 10.0 Å². The van der Waals surface area contributed by atoms with Crippen LogP contribution in [0.15, 0.2) is 47.4 Å². The molecular formula is C21H26N2O3S. The number of hydrogen-bond donors (Lipinski definition) is 2. The molecule has 2 N–H and O–H groups in total. The average molecular weight is 387 g/mol. The Labute approximate surface area is 161 Å². The van der Waals surface area contributed by atoms with Crippen LogP contribution in [0.1, 0.15) is 59.8 Å². The quantitative estimate of drug-likeness (QED) is 0.799. The standard InChI is InChI=1S/C21H26N2O3S/c1-3-22-27(25,26)20-12-10-17(11-13-20)21(24)23-15(2)18-9-8-16-6-4-5-7-19(16)14-18/h8-15,22H,3-7H2,1-2H3,(H,23,24). The van der Waals surface area contributed by atoms with E-state index in [1.165, 1.54) is 36.1 Å². The molecular weight excluding hydrogens is 360 g/mol. The molecule has 0 radical (unpaired) electrons. The topological polar surface area (TPSA) is 75.3 Å². The van der Waals surface area contributed by atoms with Crippen LogP contribution in [0.3, 0.4) is 0 Å². The van der Waals surface area contributed by atoms with Crippen LogP contribution in [0.5, 0.6) is 0 Å². The van der Waals surface area contributed by atoms with Crippen molar-refractivity contribution in [3.8, 4) is 0 Å². The number of rotatable bonds is 6. The maximum Gasteiger partial charge on any atom is 0.251 e. The summed E-state index contributed by atoms with van der Waals surface area (Å²) in [5.74, 6) is -0.215. The van der Waals surface area contributed by atoms with Gasteiger partial charge in [-0.1, -0.05) is 25.1 Å². The van der Waals surface area contributed by atoms with Crippen molar-refractivity contribution in [2.45, 2.75) is 50.5 Å². The first-order valence-corrected chi connectivity index (χ1v) is 10.9. The Morgan fingerprint density at radius 2 is 1.70 bits per heavy atom. The lowest BCUT2D eigenvalue weighted by Crippen LogP contribution is -2.27. The zero-order valence-corrected chi connectivity index (χ0v) is 16.6. The monoisotopic (exact) mass is 386 g/mol. The summed E-state index contributed by atoms with van der Waals surface area (Å²) in [6.45, 7) is 4.01. The van der Waals surface area contributed by atoms with Gasteiger partial charge in [0.1, 0.15) is 0 Å². The molecule has 0 saturated carbocycles. The highest BCUT2D eigenvalue weighted by atomic mass is 32.2. The van der Waals surface area contributed by atoms with Crippen molar-refractivity contribution in [1.82, 2.24) is 10.0 Å². The highest BCUT2D eigenvalue weighted by molar-refractivity contribution is 7.89. The van der Waals surface area contributed by atoms with E-state index in [2.05, 4.69) is 28.2 Å². The minimum Gasteiger partial charge on any atom is -0.346 e. The molecule has 0 heterocycles. The molecule has 5 nitrogen and oxygen atoms in total. The Morgan fingerprint density at radius 3 is 2.37 bits per heavy atom. The number of aryl methyl sites for hydroxylation is 2. The number of benzene rings is 2. The van der Waals surface area contributed by atoms with E-state index in [1.54, 1.807) is 19.1 Å². The van der Waals surface area contributed by atoms with Gasteiger partial charge in [-0.25, -0.2) is 13.1 Å². The second kappa shape index (κ2) is 8.23. The lowest BCUT2D eigenvalue weighted by Gasteiger charge is -2.20. The van der Waals surface area contributed by atoms with Crippen molar-refractivity contribution in [2.75, 3.05) is 6.54 Å². The SMILES string of the molecule is CCNS(=O)(=O)c1ccc(C(=O)NC(C)c2ccc3c(c2)CCCC3)cc1. The molecule has 1 aliphatic rings. The Hall–Kier alpha value is -2.18. The first kappa shape index (κ1) is 19.6. The van der Waals surface area contributed by atoms with E-state index in [0.717, 1.165) is 18.4 Å². The van der Waals surface area contributed by atoms with Gasteiger partial charge >= 0.3 is 0 Å². The summed E-state index contributed by atoms with van der Waals surface area (Å²) in [6.07, 6.45) is 4.71. The maximum absolute atomic E-state index is 12.5. The second-order valence-corrected chi connectivity index (χ2v) is 8.72. The number of carbonyl (C=O) groups excluding carboxylic acids is 1. The number of sulfonamides is 1. The molecule has 1 aliphatic carbocycles. The summed E-state index contributed by atoms with van der Waals surface area (Å²) in [4.78, 5) is 12.7. The number of carbonyl (C=O) groups is 1. The fourth-order valence-electron chi connectivity index (χ4n) is 3.44. The first-order chi connectivity index (χ1) is 12.9. The van der Waals surface area contributed by atoms with Crippen LogP contribution in [0.25, 0.3) is 0 Å². The van der Waals surface area contributed by atoms with Crippen LogP contribution in [0.4, 0.5) is 0 Å². The molecule has 3 rings (SSSR count). The van der Waals surface area contributed by atoms with Crippen LogP contribution in [-0.2, 0) is 22.9 Å². The summed E-state index contributed by atoms with van der Waals surface area (Å²) in [7, 11) is -3.51. The molecule has 1 atom stereocenters. The lowest BCUT2D eigenvalue weighted by atomic mass is 9.89. The molecule has 0 bridgehead atoms. The van der Waals surface area contributed by atoms with Gasteiger partial charge in [0.05, 0.1) is 10.9 Å². The Bertz CT molecular complexity index is 921. The molecule has 0 aromatic heterocycles. The molecule has 2 aromatic carbocycles. The van der Waals surface area contributed by atoms with Crippen molar-refractivity contribution in [2.24, 2.45) is 0 Å². The summed E-state index contributed by atoms with van der Waals surface area (Å²) in [5.41, 5.74) is 4.34. The van der Waals surface area contributed by atoms with Crippen LogP contribution < -0.4 is 10.0 Å². The predicted octanol–water partition coefficient (Wildman–Crippen LogP) is 3.35. The third kappa shape index (κ3) is 4.57. The maximum atomic E-state index is 12.5. The Balaban J connectivity index is 1.69. The van der Waals surface area contributed by atoms with Crippen molar-refractivity contribution >= 4 is 15.9 Å². The number of hydrogen-bond acceptors (Lipinski definition) is 3. The fraction of sp³-hybridized carbons (Fsp3) is 0.381. The minimum atomic E-state index is -3.51. The Morgan fingerprint density at radius 1 is 1.04 bits per heavy atom. The summed E-state index contributed by atoms with van der Waals surface area (Å²) in [6, 6.07) is 12.3. The van der Waals surface area contributed by atoms with E-state index in [9.17, 15) is 13.2 Å². The van der Waals surface area contributed by atoms with E-state index in [4.69, 9.17) is 0 Å². The largest absolute Gasteiger partial charge is 0.346 e. The zero-order valence-electron chi connectivity index (χ0n) is 15.8. The van der Waals surface area contributed by atoms with E-state index in [0.29, 0.717) is 12.1 Å². The van der Waals surface area contributed by atoms with Gasteiger partial charge in [0, 0.05) is 12.1 Å². The van der Waals surface area contributed by atoms with Crippen molar-refractivity contribution < 1.29 is 13.2 Å². The average Bonchev–Trinajstić information content (AvgIpc) is 2.67. The third-order valence-electron chi connectivity index (χ3n) is 4.98. The molecule has 2 aromatic rings. The second-order valence-electron chi connectivity index (χ2n) is 6.96. The van der Waals surface area contributed by atoms with Crippen LogP contribution in [-0.4, -0.2) is 20.9 Å². The molecule has 1 amide bonds. The van der Waals surface area contributed by atoms with Crippen LogP contribution >= 0.6 is 0 Å². The van der Waals surface area contributed by atoms with Gasteiger partial charge in [-0.2, -0.15) is 0 Å². The van der Waals surface area contributed by atoms with Gasteiger partial charge in [-0.05, 0) is 73.6 Å². The third-order valence-corrected chi connectivity index (χ3v) is 6.54. The van der Waals surface area contributed by atoms with Crippen molar-refractivity contribution in [3.63, 3.8) is 0 Å².